The quantitative estimate of drug-likeness (QED) is 0.816. The molecule has 0 aliphatic rings. The van der Waals surface area contributed by atoms with Gasteiger partial charge in [0.1, 0.15) is 11.6 Å². The molecule has 2 rings (SSSR count). The Morgan fingerprint density at radius 1 is 1.08 bits per heavy atom. The van der Waals surface area contributed by atoms with Crippen molar-refractivity contribution in [1.29, 1.82) is 0 Å². The lowest BCUT2D eigenvalue weighted by atomic mass is 10.2. The second-order valence-electron chi connectivity index (χ2n) is 5.44. The second kappa shape index (κ2) is 8.06. The molecule has 0 aliphatic carbocycles. The van der Waals surface area contributed by atoms with Crippen molar-refractivity contribution in [2.24, 2.45) is 0 Å². The molecule has 0 unspecified atom stereocenters. The third kappa shape index (κ3) is 5.53. The van der Waals surface area contributed by atoms with Crippen molar-refractivity contribution in [2.75, 3.05) is 17.1 Å². The number of amides is 1. The maximum Gasteiger partial charge on any atom is 0.232 e. The number of hydrogen-bond acceptors (Lipinski definition) is 3. The van der Waals surface area contributed by atoms with Crippen LogP contribution in [-0.2, 0) is 21.4 Å². The van der Waals surface area contributed by atoms with Crippen molar-refractivity contribution in [1.82, 2.24) is 5.32 Å². The van der Waals surface area contributed by atoms with E-state index in [0.717, 1.165) is 16.6 Å². The van der Waals surface area contributed by atoms with Crippen LogP contribution in [0.5, 0.6) is 0 Å². The molecule has 0 atom stereocenters. The molecule has 0 saturated heterocycles. The van der Waals surface area contributed by atoms with E-state index >= 15 is 0 Å². The number of benzene rings is 2. The minimum absolute atomic E-state index is 0.101. The molecule has 0 radical (unpaired) electrons. The third-order valence-electron chi connectivity index (χ3n) is 3.47. The summed E-state index contributed by atoms with van der Waals surface area (Å²) in [5, 5.41) is 2.61. The highest BCUT2D eigenvalue weighted by Crippen LogP contribution is 2.21. The average Bonchev–Trinajstić information content (AvgIpc) is 2.55. The molecule has 8 heteroatoms. The Morgan fingerprint density at radius 2 is 1.72 bits per heavy atom. The number of para-hydroxylation sites is 1. The fourth-order valence-electron chi connectivity index (χ4n) is 2.21. The van der Waals surface area contributed by atoms with E-state index in [9.17, 15) is 22.0 Å². The molecule has 0 fully saturated rings. The van der Waals surface area contributed by atoms with Gasteiger partial charge in [0.2, 0.25) is 15.9 Å². The summed E-state index contributed by atoms with van der Waals surface area (Å²) in [5.74, 6) is -1.45. The molecule has 0 heterocycles. The van der Waals surface area contributed by atoms with Gasteiger partial charge in [0, 0.05) is 19.5 Å². The summed E-state index contributed by atoms with van der Waals surface area (Å²) >= 11 is 0. The van der Waals surface area contributed by atoms with Gasteiger partial charge in [-0.15, -0.1) is 0 Å². The van der Waals surface area contributed by atoms with Gasteiger partial charge in [0.05, 0.1) is 11.9 Å². The first-order chi connectivity index (χ1) is 11.8. The van der Waals surface area contributed by atoms with Crippen LogP contribution >= 0.6 is 0 Å². The Bertz CT molecular complexity index is 839. The Balaban J connectivity index is 1.97. The number of anilines is 1. The molecule has 25 heavy (non-hydrogen) atoms. The fraction of sp³-hybridized carbons (Fsp3) is 0.235. The molecule has 0 aromatic heterocycles. The fourth-order valence-corrected chi connectivity index (χ4v) is 3.14. The maximum atomic E-state index is 13.9. The summed E-state index contributed by atoms with van der Waals surface area (Å²) in [6.45, 7) is 0.00665. The molecule has 134 valence electrons. The van der Waals surface area contributed by atoms with E-state index < -0.39 is 21.7 Å². The monoisotopic (exact) mass is 368 g/mol. The molecule has 1 N–H and O–H groups in total. The number of sulfonamides is 1. The van der Waals surface area contributed by atoms with Crippen molar-refractivity contribution in [3.05, 3.63) is 65.7 Å². The van der Waals surface area contributed by atoms with Crippen molar-refractivity contribution < 1.29 is 22.0 Å². The van der Waals surface area contributed by atoms with Gasteiger partial charge in [-0.1, -0.05) is 24.3 Å². The van der Waals surface area contributed by atoms with Crippen molar-refractivity contribution in [3.8, 4) is 0 Å². The van der Waals surface area contributed by atoms with E-state index in [1.807, 2.05) is 0 Å². The molecule has 0 bridgehead atoms. The third-order valence-corrected chi connectivity index (χ3v) is 4.65. The zero-order valence-electron chi connectivity index (χ0n) is 13.6. The van der Waals surface area contributed by atoms with Crippen LogP contribution in [0.25, 0.3) is 0 Å². The van der Waals surface area contributed by atoms with Crippen molar-refractivity contribution >= 4 is 21.6 Å². The van der Waals surface area contributed by atoms with Gasteiger partial charge in [-0.3, -0.25) is 9.10 Å². The number of nitrogens with zero attached hydrogens (tertiary/aromatic N) is 1. The Kier molecular flexibility index (Phi) is 6.08. The van der Waals surface area contributed by atoms with Crippen LogP contribution in [0.2, 0.25) is 0 Å². The van der Waals surface area contributed by atoms with Crippen molar-refractivity contribution in [2.45, 2.75) is 13.0 Å². The van der Waals surface area contributed by atoms with Gasteiger partial charge >= 0.3 is 0 Å². The minimum Gasteiger partial charge on any atom is -0.352 e. The predicted octanol–water partition coefficient (Wildman–Crippen LogP) is 2.44. The van der Waals surface area contributed by atoms with Gasteiger partial charge in [-0.2, -0.15) is 0 Å². The van der Waals surface area contributed by atoms with E-state index in [-0.39, 0.29) is 31.0 Å². The van der Waals surface area contributed by atoms with Crippen LogP contribution in [0.3, 0.4) is 0 Å². The number of halogens is 2. The average molecular weight is 368 g/mol. The van der Waals surface area contributed by atoms with E-state index in [2.05, 4.69) is 5.32 Å². The van der Waals surface area contributed by atoms with E-state index in [0.29, 0.717) is 5.56 Å². The topological polar surface area (TPSA) is 66.5 Å². The highest BCUT2D eigenvalue weighted by molar-refractivity contribution is 7.92. The number of carbonyl (C=O) groups is 1. The van der Waals surface area contributed by atoms with Crippen LogP contribution in [0, 0.1) is 11.6 Å². The number of carbonyl (C=O) groups excluding carboxylic acids is 1. The summed E-state index contributed by atoms with van der Waals surface area (Å²) in [6.07, 6.45) is 0.818. The van der Waals surface area contributed by atoms with E-state index in [4.69, 9.17) is 0 Å². The van der Waals surface area contributed by atoms with Crippen molar-refractivity contribution in [3.63, 3.8) is 0 Å². The largest absolute Gasteiger partial charge is 0.352 e. The highest BCUT2D eigenvalue weighted by atomic mass is 32.2. The summed E-state index contributed by atoms with van der Waals surface area (Å²) in [6, 6.07) is 11.1. The van der Waals surface area contributed by atoms with Crippen LogP contribution < -0.4 is 9.62 Å². The lowest BCUT2D eigenvalue weighted by Crippen LogP contribution is -2.35. The van der Waals surface area contributed by atoms with Gasteiger partial charge in [-0.25, -0.2) is 17.2 Å². The standard InChI is InChI=1S/C17H18F2N2O3S/c1-25(23,24)21(16-5-3-2-4-15(16)19)11-10-17(22)20-12-13-6-8-14(18)9-7-13/h2-9H,10-12H2,1H3,(H,20,22). The summed E-state index contributed by atoms with van der Waals surface area (Å²) in [7, 11) is -3.74. The zero-order valence-corrected chi connectivity index (χ0v) is 14.4. The Hall–Kier alpha value is -2.48. The van der Waals surface area contributed by atoms with Crippen LogP contribution in [0.1, 0.15) is 12.0 Å². The lowest BCUT2D eigenvalue weighted by molar-refractivity contribution is -0.121. The second-order valence-corrected chi connectivity index (χ2v) is 7.35. The highest BCUT2D eigenvalue weighted by Gasteiger charge is 2.21. The minimum atomic E-state index is -3.74. The van der Waals surface area contributed by atoms with Gasteiger partial charge < -0.3 is 5.32 Å². The summed E-state index contributed by atoms with van der Waals surface area (Å²) in [5.41, 5.74) is 0.611. The summed E-state index contributed by atoms with van der Waals surface area (Å²) in [4.78, 5) is 11.9. The molecule has 2 aromatic rings. The van der Waals surface area contributed by atoms with Gasteiger partial charge in [-0.05, 0) is 29.8 Å². The molecule has 2 aromatic carbocycles. The smallest absolute Gasteiger partial charge is 0.232 e. The Morgan fingerprint density at radius 3 is 2.32 bits per heavy atom. The zero-order chi connectivity index (χ0) is 18.4. The van der Waals surface area contributed by atoms with Crippen LogP contribution in [0.4, 0.5) is 14.5 Å². The number of nitrogens with one attached hydrogen (secondary N) is 1. The molecule has 0 spiro atoms. The maximum absolute atomic E-state index is 13.9. The molecular weight excluding hydrogens is 350 g/mol. The van der Waals surface area contributed by atoms with Gasteiger partial charge in [0.15, 0.2) is 0 Å². The summed E-state index contributed by atoms with van der Waals surface area (Å²) < 4.78 is 51.3. The molecule has 0 saturated carbocycles. The lowest BCUT2D eigenvalue weighted by Gasteiger charge is -2.22. The number of hydrogen-bond donors (Lipinski definition) is 1. The first-order valence-electron chi connectivity index (χ1n) is 7.51. The molecular formula is C17H18F2N2O3S. The molecule has 0 aliphatic heterocycles. The van der Waals surface area contributed by atoms with Gasteiger partial charge in [0.25, 0.3) is 0 Å². The first-order valence-corrected chi connectivity index (χ1v) is 9.35. The predicted molar refractivity (Wildman–Crippen MR) is 91.5 cm³/mol. The van der Waals surface area contributed by atoms with E-state index in [1.54, 1.807) is 0 Å². The van der Waals surface area contributed by atoms with Crippen LogP contribution in [0.15, 0.2) is 48.5 Å². The SMILES string of the molecule is CS(=O)(=O)N(CCC(=O)NCc1ccc(F)cc1)c1ccccc1F. The first kappa shape index (κ1) is 18.9. The van der Waals surface area contributed by atoms with E-state index in [1.165, 1.54) is 42.5 Å². The Labute approximate surface area is 145 Å². The normalized spacial score (nSPS) is 11.2. The van der Waals surface area contributed by atoms with Crippen LogP contribution in [-0.4, -0.2) is 27.1 Å². The molecule has 5 nitrogen and oxygen atoms in total. The molecule has 1 amide bonds. The number of rotatable bonds is 7.